The topological polar surface area (TPSA) is 55.8 Å². The van der Waals surface area contributed by atoms with Gasteiger partial charge in [0.1, 0.15) is 5.75 Å². The third kappa shape index (κ3) is 2.58. The summed E-state index contributed by atoms with van der Waals surface area (Å²) in [6.07, 6.45) is 0.0639. The summed E-state index contributed by atoms with van der Waals surface area (Å²) in [5.74, 6) is 0.233. The van der Waals surface area contributed by atoms with E-state index in [-0.39, 0.29) is 5.97 Å². The molecular formula is C13H16O4. The van der Waals surface area contributed by atoms with Crippen molar-refractivity contribution in [2.24, 2.45) is 0 Å². The van der Waals surface area contributed by atoms with Crippen LogP contribution in [0.25, 0.3) is 0 Å². The summed E-state index contributed by atoms with van der Waals surface area (Å²) >= 11 is 0. The lowest BCUT2D eigenvalue weighted by atomic mass is 10.1. The van der Waals surface area contributed by atoms with E-state index in [2.05, 4.69) is 0 Å². The summed E-state index contributed by atoms with van der Waals surface area (Å²) in [5.41, 5.74) is 0.717. The Balaban J connectivity index is 2.17. The van der Waals surface area contributed by atoms with Crippen molar-refractivity contribution < 1.29 is 19.4 Å². The van der Waals surface area contributed by atoms with E-state index in [0.29, 0.717) is 25.2 Å². The average molecular weight is 236 g/mol. The molecule has 4 heteroatoms. The molecule has 1 N–H and O–H groups in total. The van der Waals surface area contributed by atoms with Gasteiger partial charge in [0.2, 0.25) is 0 Å². The number of hydrogen-bond acceptors (Lipinski definition) is 4. The molecule has 0 saturated carbocycles. The minimum atomic E-state index is -0.566. The molecule has 4 nitrogen and oxygen atoms in total. The number of esters is 1. The summed E-state index contributed by atoms with van der Waals surface area (Å²) < 4.78 is 10.4. The van der Waals surface area contributed by atoms with Crippen LogP contribution in [0.3, 0.4) is 0 Å². The van der Waals surface area contributed by atoms with Crippen LogP contribution in [0, 0.1) is 0 Å². The van der Waals surface area contributed by atoms with Gasteiger partial charge in [-0.05, 0) is 12.5 Å². The molecule has 1 fully saturated rings. The minimum absolute atomic E-state index is 0.328. The zero-order valence-corrected chi connectivity index (χ0v) is 9.76. The van der Waals surface area contributed by atoms with E-state index in [9.17, 15) is 9.90 Å². The summed E-state index contributed by atoms with van der Waals surface area (Å²) in [5, 5.41) is 9.85. The number of hydrogen-bond donors (Lipinski definition) is 1. The minimum Gasteiger partial charge on any atom is -0.478 e. The molecule has 17 heavy (non-hydrogen) atoms. The average Bonchev–Trinajstić information content (AvgIpc) is 2.75. The fraction of sp³-hybridized carbons (Fsp3) is 0.462. The van der Waals surface area contributed by atoms with Gasteiger partial charge < -0.3 is 14.6 Å². The molecule has 2 rings (SSSR count). The Morgan fingerprint density at radius 3 is 2.94 bits per heavy atom. The Hall–Kier alpha value is -1.55. The van der Waals surface area contributed by atoms with E-state index in [1.165, 1.54) is 0 Å². The molecule has 0 spiro atoms. The van der Waals surface area contributed by atoms with Crippen molar-refractivity contribution in [2.45, 2.75) is 32.0 Å². The third-order valence-corrected chi connectivity index (χ3v) is 2.82. The second-order valence-electron chi connectivity index (χ2n) is 4.02. The van der Waals surface area contributed by atoms with Crippen LogP contribution >= 0.6 is 0 Å². The van der Waals surface area contributed by atoms with Crippen molar-refractivity contribution >= 4 is 5.97 Å². The van der Waals surface area contributed by atoms with Crippen molar-refractivity contribution in [3.8, 4) is 5.75 Å². The van der Waals surface area contributed by atoms with E-state index < -0.39 is 12.2 Å². The Kier molecular flexibility index (Phi) is 3.64. The smallest absolute Gasteiger partial charge is 0.347 e. The second kappa shape index (κ2) is 5.19. The molecule has 2 atom stereocenters. The molecule has 1 heterocycles. The predicted molar refractivity (Wildman–Crippen MR) is 61.7 cm³/mol. The lowest BCUT2D eigenvalue weighted by Crippen LogP contribution is -2.22. The van der Waals surface area contributed by atoms with Crippen LogP contribution in [-0.2, 0) is 9.53 Å². The van der Waals surface area contributed by atoms with Gasteiger partial charge >= 0.3 is 5.97 Å². The monoisotopic (exact) mass is 236 g/mol. The number of carbonyl (C=O) groups is 1. The summed E-state index contributed by atoms with van der Waals surface area (Å²) in [6, 6.07) is 7.24. The van der Waals surface area contributed by atoms with Gasteiger partial charge in [-0.1, -0.05) is 25.1 Å². The van der Waals surface area contributed by atoms with Crippen LogP contribution in [0.1, 0.15) is 31.4 Å². The highest BCUT2D eigenvalue weighted by Gasteiger charge is 2.29. The molecule has 0 radical (unpaired) electrons. The number of aliphatic hydroxyl groups is 1. The standard InChI is InChI=1S/C13H16O4/c1-2-10(14)9-5-3-4-6-11(9)17-12-7-8-16-13(12)15/h3-6,10,12,14H,2,7-8H2,1H3/t10-,12?/m0/s1. The fourth-order valence-electron chi connectivity index (χ4n) is 1.82. The molecule has 0 aromatic heterocycles. The molecule has 0 amide bonds. The molecule has 1 aromatic rings. The van der Waals surface area contributed by atoms with Crippen LogP contribution in [-0.4, -0.2) is 23.8 Å². The number of carbonyl (C=O) groups excluding carboxylic acids is 1. The first kappa shape index (κ1) is 11.9. The van der Waals surface area contributed by atoms with Gasteiger partial charge in [-0.25, -0.2) is 4.79 Å². The van der Waals surface area contributed by atoms with E-state index in [1.54, 1.807) is 6.07 Å². The van der Waals surface area contributed by atoms with Crippen molar-refractivity contribution in [3.05, 3.63) is 29.8 Å². The summed E-state index contributed by atoms with van der Waals surface area (Å²) in [7, 11) is 0. The summed E-state index contributed by atoms with van der Waals surface area (Å²) in [4.78, 5) is 11.3. The van der Waals surface area contributed by atoms with Crippen LogP contribution in [0.15, 0.2) is 24.3 Å². The Morgan fingerprint density at radius 1 is 1.53 bits per heavy atom. The number of para-hydroxylation sites is 1. The molecule has 92 valence electrons. The van der Waals surface area contributed by atoms with Gasteiger partial charge in [-0.2, -0.15) is 0 Å². The maximum atomic E-state index is 11.3. The number of aliphatic hydroxyl groups excluding tert-OH is 1. The van der Waals surface area contributed by atoms with Crippen LogP contribution in [0.5, 0.6) is 5.75 Å². The van der Waals surface area contributed by atoms with Crippen molar-refractivity contribution in [1.29, 1.82) is 0 Å². The highest BCUT2D eigenvalue weighted by molar-refractivity contribution is 5.76. The zero-order chi connectivity index (χ0) is 12.3. The molecule has 0 bridgehead atoms. The first-order chi connectivity index (χ1) is 8.22. The van der Waals surface area contributed by atoms with Crippen LogP contribution < -0.4 is 4.74 Å². The molecule has 1 saturated heterocycles. The lowest BCUT2D eigenvalue weighted by molar-refractivity contribution is -0.143. The normalized spacial score (nSPS) is 21.1. The second-order valence-corrected chi connectivity index (χ2v) is 4.02. The molecule has 1 aliphatic rings. The molecular weight excluding hydrogens is 220 g/mol. The largest absolute Gasteiger partial charge is 0.478 e. The quantitative estimate of drug-likeness (QED) is 0.810. The first-order valence-corrected chi connectivity index (χ1v) is 5.82. The zero-order valence-electron chi connectivity index (χ0n) is 9.76. The molecule has 1 aromatic carbocycles. The molecule has 0 aliphatic carbocycles. The first-order valence-electron chi connectivity index (χ1n) is 5.82. The van der Waals surface area contributed by atoms with Crippen LogP contribution in [0.2, 0.25) is 0 Å². The number of rotatable bonds is 4. The van der Waals surface area contributed by atoms with Gasteiger partial charge in [0, 0.05) is 12.0 Å². The van der Waals surface area contributed by atoms with Gasteiger partial charge in [0.05, 0.1) is 12.7 Å². The van der Waals surface area contributed by atoms with Gasteiger partial charge in [-0.3, -0.25) is 0 Å². The maximum absolute atomic E-state index is 11.3. The fourth-order valence-corrected chi connectivity index (χ4v) is 1.82. The van der Waals surface area contributed by atoms with Crippen LogP contribution in [0.4, 0.5) is 0 Å². The van der Waals surface area contributed by atoms with Gasteiger partial charge in [0.15, 0.2) is 6.10 Å². The van der Waals surface area contributed by atoms with Gasteiger partial charge in [0.25, 0.3) is 0 Å². The van der Waals surface area contributed by atoms with Crippen molar-refractivity contribution in [1.82, 2.24) is 0 Å². The summed E-state index contributed by atoms with van der Waals surface area (Å²) in [6.45, 7) is 2.30. The van der Waals surface area contributed by atoms with Crippen molar-refractivity contribution in [3.63, 3.8) is 0 Å². The number of ether oxygens (including phenoxy) is 2. The van der Waals surface area contributed by atoms with Gasteiger partial charge in [-0.15, -0.1) is 0 Å². The van der Waals surface area contributed by atoms with Crippen molar-refractivity contribution in [2.75, 3.05) is 6.61 Å². The highest BCUT2D eigenvalue weighted by atomic mass is 16.6. The number of benzene rings is 1. The Labute approximate surface area is 100 Å². The Bertz CT molecular complexity index is 402. The molecule has 1 unspecified atom stereocenters. The maximum Gasteiger partial charge on any atom is 0.347 e. The predicted octanol–water partition coefficient (Wildman–Crippen LogP) is 1.82. The number of cyclic esters (lactones) is 1. The Morgan fingerprint density at radius 2 is 2.29 bits per heavy atom. The van der Waals surface area contributed by atoms with E-state index >= 15 is 0 Å². The molecule has 1 aliphatic heterocycles. The SMILES string of the molecule is CC[C@H](O)c1ccccc1OC1CCOC1=O. The third-order valence-electron chi connectivity index (χ3n) is 2.82. The van der Waals surface area contributed by atoms with E-state index in [1.807, 2.05) is 25.1 Å². The van der Waals surface area contributed by atoms with E-state index in [4.69, 9.17) is 9.47 Å². The highest BCUT2D eigenvalue weighted by Crippen LogP contribution is 2.28. The lowest BCUT2D eigenvalue weighted by Gasteiger charge is -2.16. The van der Waals surface area contributed by atoms with E-state index in [0.717, 1.165) is 5.56 Å².